The maximum absolute atomic E-state index is 12.1. The molecule has 0 amide bonds. The highest BCUT2D eigenvalue weighted by Gasteiger charge is 2.33. The van der Waals surface area contributed by atoms with Crippen molar-refractivity contribution in [2.24, 2.45) is 11.0 Å². The van der Waals surface area contributed by atoms with E-state index in [1.807, 2.05) is 31.2 Å². The van der Waals surface area contributed by atoms with Crippen LogP contribution in [0.5, 0.6) is 5.75 Å². The summed E-state index contributed by atoms with van der Waals surface area (Å²) in [6.07, 6.45) is 1.65. The molecular weight excluding hydrogens is 296 g/mol. The van der Waals surface area contributed by atoms with E-state index in [0.717, 1.165) is 17.9 Å². The van der Waals surface area contributed by atoms with Crippen LogP contribution >= 0.6 is 0 Å². The second-order valence-corrected chi connectivity index (χ2v) is 5.64. The smallest absolute Gasteiger partial charge is 0.178 e. The molecule has 0 bridgehead atoms. The molecule has 3 rings (SSSR count). The highest BCUT2D eigenvalue weighted by molar-refractivity contribution is 6.40. The Labute approximate surface area is 135 Å². The van der Waals surface area contributed by atoms with Crippen molar-refractivity contribution < 1.29 is 19.0 Å². The van der Waals surface area contributed by atoms with Crippen molar-refractivity contribution in [2.75, 3.05) is 25.2 Å². The molecule has 6 heteroatoms. The lowest BCUT2D eigenvalue weighted by atomic mass is 9.86. The molecule has 1 aromatic rings. The molecule has 0 radical (unpaired) electrons. The lowest BCUT2D eigenvalue weighted by Gasteiger charge is -2.26. The van der Waals surface area contributed by atoms with Crippen molar-refractivity contribution in [1.82, 2.24) is 0 Å². The van der Waals surface area contributed by atoms with Crippen LogP contribution in [0, 0.1) is 5.92 Å². The first-order valence-electron chi connectivity index (χ1n) is 8.08. The molecule has 1 N–H and O–H groups in total. The molecular formula is C17H22N2O4. The Morgan fingerprint density at radius 1 is 1.30 bits per heavy atom. The van der Waals surface area contributed by atoms with Gasteiger partial charge in [0.25, 0.3) is 0 Å². The molecule has 1 heterocycles. The van der Waals surface area contributed by atoms with Gasteiger partial charge in [0.1, 0.15) is 11.5 Å². The first-order valence-corrected chi connectivity index (χ1v) is 8.08. The molecule has 1 atom stereocenters. The minimum absolute atomic E-state index is 0.0839. The van der Waals surface area contributed by atoms with Crippen LogP contribution in [0.2, 0.25) is 0 Å². The third-order valence-corrected chi connectivity index (χ3v) is 4.05. The second kappa shape index (κ2) is 7.57. The number of carbonyl (C=O) groups is 1. The predicted molar refractivity (Wildman–Crippen MR) is 86.7 cm³/mol. The van der Waals surface area contributed by atoms with Crippen molar-refractivity contribution in [3.05, 3.63) is 24.3 Å². The Kier molecular flexibility index (Phi) is 5.25. The van der Waals surface area contributed by atoms with Crippen molar-refractivity contribution in [3.8, 4) is 5.75 Å². The molecule has 0 aromatic heterocycles. The Bertz CT molecular complexity index is 582. The van der Waals surface area contributed by atoms with Gasteiger partial charge in [0, 0.05) is 18.8 Å². The number of benzene rings is 1. The Morgan fingerprint density at radius 2 is 2.09 bits per heavy atom. The van der Waals surface area contributed by atoms with E-state index < -0.39 is 0 Å². The number of rotatable bonds is 5. The van der Waals surface area contributed by atoms with E-state index in [0.29, 0.717) is 38.4 Å². The van der Waals surface area contributed by atoms with Crippen molar-refractivity contribution in [2.45, 2.75) is 32.5 Å². The summed E-state index contributed by atoms with van der Waals surface area (Å²) in [5.41, 5.74) is 4.27. The highest BCUT2D eigenvalue weighted by atomic mass is 16.7. The van der Waals surface area contributed by atoms with Gasteiger partial charge in [-0.1, -0.05) is 12.1 Å². The number of para-hydroxylation sites is 2. The molecule has 124 valence electrons. The van der Waals surface area contributed by atoms with Gasteiger partial charge in [-0.15, -0.1) is 0 Å². The van der Waals surface area contributed by atoms with Gasteiger partial charge < -0.3 is 14.2 Å². The fourth-order valence-electron chi connectivity index (χ4n) is 2.88. The van der Waals surface area contributed by atoms with Crippen LogP contribution < -0.4 is 10.2 Å². The first kappa shape index (κ1) is 16.0. The van der Waals surface area contributed by atoms with E-state index in [1.165, 1.54) is 0 Å². The molecule has 2 fully saturated rings. The minimum atomic E-state index is -0.205. The fraction of sp³-hybridized carbons (Fsp3) is 0.529. The van der Waals surface area contributed by atoms with E-state index in [2.05, 4.69) is 10.5 Å². The number of nitrogens with one attached hydrogen (secondary N) is 1. The van der Waals surface area contributed by atoms with Gasteiger partial charge in [0.2, 0.25) is 0 Å². The summed E-state index contributed by atoms with van der Waals surface area (Å²) in [5, 5.41) is 4.33. The molecule has 1 saturated carbocycles. The van der Waals surface area contributed by atoms with E-state index in [4.69, 9.17) is 14.2 Å². The van der Waals surface area contributed by atoms with Crippen LogP contribution in [0.3, 0.4) is 0 Å². The summed E-state index contributed by atoms with van der Waals surface area (Å²) in [6, 6.07) is 7.55. The van der Waals surface area contributed by atoms with Crippen LogP contribution in [0.15, 0.2) is 29.4 Å². The molecule has 1 aliphatic heterocycles. The number of Topliss-reactive ketones (excluding diaryl/α,β-unsaturated/α-hetero) is 1. The number of ketones is 1. The van der Waals surface area contributed by atoms with E-state index in [-0.39, 0.29) is 18.0 Å². The third kappa shape index (κ3) is 3.89. The summed E-state index contributed by atoms with van der Waals surface area (Å²) in [6.45, 7) is 3.76. The summed E-state index contributed by atoms with van der Waals surface area (Å²) in [4.78, 5) is 12.1. The summed E-state index contributed by atoms with van der Waals surface area (Å²) >= 11 is 0. The number of anilines is 1. The Morgan fingerprint density at radius 3 is 2.87 bits per heavy atom. The predicted octanol–water partition coefficient (Wildman–Crippen LogP) is 2.60. The number of ether oxygens (including phenoxy) is 3. The van der Waals surface area contributed by atoms with Gasteiger partial charge in [0.15, 0.2) is 12.1 Å². The average molecular weight is 318 g/mol. The van der Waals surface area contributed by atoms with E-state index >= 15 is 0 Å². The van der Waals surface area contributed by atoms with Gasteiger partial charge in [-0.05, 0) is 25.5 Å². The number of nitrogens with zero attached hydrogens (tertiary/aromatic N) is 1. The molecule has 1 aromatic carbocycles. The van der Waals surface area contributed by atoms with E-state index in [9.17, 15) is 4.79 Å². The Balaban J connectivity index is 1.69. The SMILES string of the molecule is CCOc1ccccc1N/N=C1/C[C@@H](C2OCCO2)CCC1=O. The number of carbonyl (C=O) groups excluding carboxylic acids is 1. The summed E-state index contributed by atoms with van der Waals surface area (Å²) < 4.78 is 16.7. The van der Waals surface area contributed by atoms with E-state index in [1.54, 1.807) is 0 Å². The van der Waals surface area contributed by atoms with Gasteiger partial charge >= 0.3 is 0 Å². The third-order valence-electron chi connectivity index (χ3n) is 4.05. The first-order chi connectivity index (χ1) is 11.3. The van der Waals surface area contributed by atoms with Gasteiger partial charge in [-0.3, -0.25) is 10.2 Å². The molecule has 6 nitrogen and oxygen atoms in total. The lowest BCUT2D eigenvalue weighted by Crippen LogP contribution is -2.33. The highest BCUT2D eigenvalue weighted by Crippen LogP contribution is 2.29. The largest absolute Gasteiger partial charge is 0.492 e. The van der Waals surface area contributed by atoms with Crippen LogP contribution in [0.4, 0.5) is 5.69 Å². The number of hydrazone groups is 1. The fourth-order valence-corrected chi connectivity index (χ4v) is 2.88. The zero-order valence-corrected chi connectivity index (χ0v) is 13.3. The van der Waals surface area contributed by atoms with Crippen molar-refractivity contribution >= 4 is 17.2 Å². The average Bonchev–Trinajstić information content (AvgIpc) is 3.10. The van der Waals surface area contributed by atoms with Crippen LogP contribution in [-0.4, -0.2) is 37.6 Å². The van der Waals surface area contributed by atoms with Gasteiger partial charge in [-0.2, -0.15) is 5.10 Å². The van der Waals surface area contributed by atoms with Gasteiger partial charge in [-0.25, -0.2) is 0 Å². The summed E-state index contributed by atoms with van der Waals surface area (Å²) in [7, 11) is 0. The van der Waals surface area contributed by atoms with Crippen LogP contribution in [0.1, 0.15) is 26.2 Å². The second-order valence-electron chi connectivity index (χ2n) is 5.64. The molecule has 1 saturated heterocycles. The van der Waals surface area contributed by atoms with Crippen molar-refractivity contribution in [1.29, 1.82) is 0 Å². The molecule has 2 aliphatic rings. The summed E-state index contributed by atoms with van der Waals surface area (Å²) in [5.74, 6) is 1.00. The van der Waals surface area contributed by atoms with Gasteiger partial charge in [0.05, 0.1) is 25.5 Å². The lowest BCUT2D eigenvalue weighted by molar-refractivity contribution is -0.117. The standard InChI is InChI=1S/C17H22N2O4/c1-2-21-16-6-4-3-5-13(16)18-19-14-11-12(7-8-15(14)20)17-22-9-10-23-17/h3-6,12,17-18H,2,7-11H2,1H3/b19-14-/t12-/m0/s1. The normalized spacial score (nSPS) is 24.1. The number of hydrogen-bond acceptors (Lipinski definition) is 6. The molecule has 1 aliphatic carbocycles. The molecule has 23 heavy (non-hydrogen) atoms. The topological polar surface area (TPSA) is 69.2 Å². The maximum atomic E-state index is 12.1. The zero-order valence-electron chi connectivity index (χ0n) is 13.3. The van der Waals surface area contributed by atoms with Crippen LogP contribution in [0.25, 0.3) is 0 Å². The zero-order chi connectivity index (χ0) is 16.1. The molecule has 0 spiro atoms. The number of hydrogen-bond donors (Lipinski definition) is 1. The van der Waals surface area contributed by atoms with Crippen molar-refractivity contribution in [3.63, 3.8) is 0 Å². The Hall–Kier alpha value is -1.92. The maximum Gasteiger partial charge on any atom is 0.178 e. The van der Waals surface area contributed by atoms with Crippen LogP contribution in [-0.2, 0) is 14.3 Å². The minimum Gasteiger partial charge on any atom is -0.492 e. The quantitative estimate of drug-likeness (QED) is 0.845. The monoisotopic (exact) mass is 318 g/mol. The molecule has 0 unspecified atom stereocenters.